The van der Waals surface area contributed by atoms with Crippen LogP contribution in [0, 0.1) is 0 Å². The lowest BCUT2D eigenvalue weighted by Gasteiger charge is -2.09. The van der Waals surface area contributed by atoms with Crippen molar-refractivity contribution in [2.75, 3.05) is 19.0 Å². The number of aromatic nitrogens is 2. The van der Waals surface area contributed by atoms with Gasteiger partial charge in [0, 0.05) is 19.7 Å². The van der Waals surface area contributed by atoms with Crippen LogP contribution in [-0.2, 0) is 16.6 Å². The number of fused-ring (bicyclic) bond motifs is 1. The van der Waals surface area contributed by atoms with Gasteiger partial charge in [0.2, 0.25) is 5.91 Å². The largest absolute Gasteiger partial charge is 0.478 e. The van der Waals surface area contributed by atoms with Crippen LogP contribution < -0.4 is 5.32 Å². The second-order valence-corrected chi connectivity index (χ2v) is 5.54. The summed E-state index contributed by atoms with van der Waals surface area (Å²) in [6.07, 6.45) is 0. The van der Waals surface area contributed by atoms with Crippen LogP contribution in [0.2, 0.25) is 0 Å². The number of aryl methyl sites for hydroxylation is 1. The van der Waals surface area contributed by atoms with Crippen molar-refractivity contribution in [3.05, 3.63) is 48.0 Å². The highest BCUT2D eigenvalue weighted by Crippen LogP contribution is 2.30. The van der Waals surface area contributed by atoms with Crippen LogP contribution in [0.3, 0.4) is 0 Å². The molecule has 0 atom stereocenters. The molecule has 0 aliphatic heterocycles. The van der Waals surface area contributed by atoms with Crippen LogP contribution >= 0.6 is 0 Å². The van der Waals surface area contributed by atoms with Crippen molar-refractivity contribution in [3.8, 4) is 11.4 Å². The van der Waals surface area contributed by atoms with Gasteiger partial charge in [0.15, 0.2) is 0 Å². The summed E-state index contributed by atoms with van der Waals surface area (Å²) in [4.78, 5) is 27.9. The number of nitrogens with zero attached hydrogens (tertiary/aromatic N) is 2. The number of methoxy groups -OCH3 is 1. The number of carbonyl (C=O) groups excluding carboxylic acids is 1. The molecule has 2 aromatic carbocycles. The average molecular weight is 339 g/mol. The van der Waals surface area contributed by atoms with Crippen molar-refractivity contribution in [2.45, 2.75) is 0 Å². The Morgan fingerprint density at radius 2 is 1.96 bits per heavy atom. The Bertz CT molecular complexity index is 948. The number of imidazole rings is 1. The van der Waals surface area contributed by atoms with E-state index in [0.717, 1.165) is 5.56 Å². The number of hydrogen-bond acceptors (Lipinski definition) is 4. The summed E-state index contributed by atoms with van der Waals surface area (Å²) >= 11 is 0. The molecule has 1 heterocycles. The lowest BCUT2D eigenvalue weighted by Crippen LogP contribution is -2.18. The van der Waals surface area contributed by atoms with Crippen LogP contribution in [-0.4, -0.2) is 40.3 Å². The first-order chi connectivity index (χ1) is 12.0. The summed E-state index contributed by atoms with van der Waals surface area (Å²) in [5.41, 5.74) is 2.47. The van der Waals surface area contributed by atoms with Crippen molar-refractivity contribution in [1.29, 1.82) is 0 Å². The predicted octanol–water partition coefficient (Wildman–Crippen LogP) is 2.52. The SMILES string of the molecule is COCC(=O)Nc1cc(C(=O)O)cc2nc(-c3ccccc3)n(C)c12. The lowest BCUT2D eigenvalue weighted by atomic mass is 10.1. The van der Waals surface area contributed by atoms with Gasteiger partial charge in [0.05, 0.1) is 22.3 Å². The molecule has 7 heteroatoms. The molecule has 0 aliphatic carbocycles. The van der Waals surface area contributed by atoms with Crippen molar-refractivity contribution in [2.24, 2.45) is 7.05 Å². The second-order valence-electron chi connectivity index (χ2n) is 5.54. The molecular formula is C18H17N3O4. The van der Waals surface area contributed by atoms with Crippen LogP contribution in [0.4, 0.5) is 5.69 Å². The smallest absolute Gasteiger partial charge is 0.335 e. The zero-order valence-electron chi connectivity index (χ0n) is 13.8. The van der Waals surface area contributed by atoms with Gasteiger partial charge in [-0.15, -0.1) is 0 Å². The molecule has 1 amide bonds. The number of rotatable bonds is 5. The number of aromatic carboxylic acids is 1. The summed E-state index contributed by atoms with van der Waals surface area (Å²) in [5.74, 6) is -0.773. The van der Waals surface area contributed by atoms with E-state index in [9.17, 15) is 14.7 Å². The van der Waals surface area contributed by atoms with Crippen molar-refractivity contribution in [1.82, 2.24) is 9.55 Å². The number of anilines is 1. The Morgan fingerprint density at radius 1 is 1.24 bits per heavy atom. The molecule has 128 valence electrons. The standard InChI is InChI=1S/C18H17N3O4/c1-21-16-13(19-15(22)10-25-2)8-12(18(23)24)9-14(16)20-17(21)11-6-4-3-5-7-11/h3-9H,10H2,1-2H3,(H,19,22)(H,23,24). The second kappa shape index (κ2) is 6.74. The molecule has 7 nitrogen and oxygen atoms in total. The van der Waals surface area contributed by atoms with Crippen molar-refractivity contribution >= 4 is 28.6 Å². The Labute approximate surface area is 143 Å². The normalized spacial score (nSPS) is 10.8. The van der Waals surface area contributed by atoms with Crippen LogP contribution in [0.1, 0.15) is 10.4 Å². The van der Waals surface area contributed by atoms with Crippen LogP contribution in [0.15, 0.2) is 42.5 Å². The first-order valence-electron chi connectivity index (χ1n) is 7.59. The Morgan fingerprint density at radius 3 is 2.60 bits per heavy atom. The van der Waals surface area contributed by atoms with E-state index in [2.05, 4.69) is 10.3 Å². The monoisotopic (exact) mass is 339 g/mol. The zero-order valence-corrected chi connectivity index (χ0v) is 13.8. The first-order valence-corrected chi connectivity index (χ1v) is 7.59. The number of hydrogen-bond donors (Lipinski definition) is 2. The number of benzene rings is 2. The maximum absolute atomic E-state index is 11.9. The van der Waals surface area contributed by atoms with Gasteiger partial charge in [0.1, 0.15) is 12.4 Å². The minimum absolute atomic E-state index is 0.0536. The maximum atomic E-state index is 11.9. The highest BCUT2D eigenvalue weighted by molar-refractivity contribution is 6.04. The third-order valence-electron chi connectivity index (χ3n) is 3.80. The summed E-state index contributed by atoms with van der Waals surface area (Å²) in [7, 11) is 3.24. The molecule has 0 spiro atoms. The molecule has 0 saturated heterocycles. The van der Waals surface area contributed by atoms with E-state index in [1.54, 1.807) is 0 Å². The molecular weight excluding hydrogens is 322 g/mol. The van der Waals surface area contributed by atoms with Gasteiger partial charge in [0.25, 0.3) is 0 Å². The summed E-state index contributed by atoms with van der Waals surface area (Å²) in [6.45, 7) is -0.123. The van der Waals surface area contributed by atoms with Gasteiger partial charge in [-0.3, -0.25) is 4.79 Å². The average Bonchev–Trinajstić information content (AvgIpc) is 2.93. The summed E-state index contributed by atoms with van der Waals surface area (Å²) in [5, 5.41) is 12.0. The Kier molecular flexibility index (Phi) is 4.49. The number of ether oxygens (including phenoxy) is 1. The Hall–Kier alpha value is -3.19. The number of amides is 1. The molecule has 0 aliphatic rings. The quantitative estimate of drug-likeness (QED) is 0.745. The van der Waals surface area contributed by atoms with E-state index in [0.29, 0.717) is 22.5 Å². The van der Waals surface area contributed by atoms with E-state index in [1.165, 1.54) is 19.2 Å². The van der Waals surface area contributed by atoms with Gasteiger partial charge in [-0.2, -0.15) is 0 Å². The summed E-state index contributed by atoms with van der Waals surface area (Å²) < 4.78 is 6.65. The summed E-state index contributed by atoms with van der Waals surface area (Å²) in [6, 6.07) is 12.5. The third kappa shape index (κ3) is 3.22. The number of nitrogens with one attached hydrogen (secondary N) is 1. The Balaban J connectivity index is 2.20. The van der Waals surface area contributed by atoms with Gasteiger partial charge < -0.3 is 19.7 Å². The third-order valence-corrected chi connectivity index (χ3v) is 3.80. The van der Waals surface area contributed by atoms with Crippen LogP contribution in [0.5, 0.6) is 0 Å². The van der Waals surface area contributed by atoms with Crippen molar-refractivity contribution in [3.63, 3.8) is 0 Å². The molecule has 0 bridgehead atoms. The number of carboxylic acid groups (broad SMARTS) is 1. The number of carbonyl (C=O) groups is 2. The van der Waals surface area contributed by atoms with Crippen LogP contribution in [0.25, 0.3) is 22.4 Å². The minimum Gasteiger partial charge on any atom is -0.478 e. The fraction of sp³-hybridized carbons (Fsp3) is 0.167. The fourth-order valence-corrected chi connectivity index (χ4v) is 2.73. The minimum atomic E-state index is -1.09. The van der Waals surface area contributed by atoms with E-state index >= 15 is 0 Å². The maximum Gasteiger partial charge on any atom is 0.335 e. The van der Waals surface area contributed by atoms with Gasteiger partial charge >= 0.3 is 5.97 Å². The molecule has 0 unspecified atom stereocenters. The highest BCUT2D eigenvalue weighted by atomic mass is 16.5. The lowest BCUT2D eigenvalue weighted by molar-refractivity contribution is -0.119. The van der Waals surface area contributed by atoms with E-state index < -0.39 is 5.97 Å². The molecule has 25 heavy (non-hydrogen) atoms. The molecule has 3 rings (SSSR count). The van der Waals surface area contributed by atoms with E-state index in [1.807, 2.05) is 41.9 Å². The van der Waals surface area contributed by atoms with Gasteiger partial charge in [-0.25, -0.2) is 9.78 Å². The molecule has 0 radical (unpaired) electrons. The molecule has 0 saturated carbocycles. The first kappa shape index (κ1) is 16.7. The fourth-order valence-electron chi connectivity index (χ4n) is 2.73. The molecule has 1 aromatic heterocycles. The van der Waals surface area contributed by atoms with E-state index in [4.69, 9.17) is 4.74 Å². The molecule has 0 fully saturated rings. The van der Waals surface area contributed by atoms with Crippen molar-refractivity contribution < 1.29 is 19.4 Å². The zero-order chi connectivity index (χ0) is 18.0. The molecule has 2 N–H and O–H groups in total. The topological polar surface area (TPSA) is 93.4 Å². The predicted molar refractivity (Wildman–Crippen MR) is 93.6 cm³/mol. The van der Waals surface area contributed by atoms with E-state index in [-0.39, 0.29) is 18.1 Å². The number of carboxylic acids is 1. The van der Waals surface area contributed by atoms with Gasteiger partial charge in [-0.05, 0) is 12.1 Å². The highest BCUT2D eigenvalue weighted by Gasteiger charge is 2.18. The van der Waals surface area contributed by atoms with Gasteiger partial charge in [-0.1, -0.05) is 30.3 Å². The molecule has 3 aromatic rings.